The van der Waals surface area contributed by atoms with Crippen molar-refractivity contribution in [1.29, 1.82) is 0 Å². The molecule has 5 heteroatoms. The highest BCUT2D eigenvalue weighted by atomic mass is 16.2. The number of carbonyl (C=O) groups is 2. The molecule has 5 nitrogen and oxygen atoms in total. The molecule has 1 aromatic rings. The summed E-state index contributed by atoms with van der Waals surface area (Å²) in [5.41, 5.74) is 4.23. The van der Waals surface area contributed by atoms with E-state index < -0.39 is 11.8 Å². The molecule has 0 fully saturated rings. The van der Waals surface area contributed by atoms with Crippen LogP contribution in [0.1, 0.15) is 18.1 Å². The van der Waals surface area contributed by atoms with E-state index in [4.69, 9.17) is 0 Å². The van der Waals surface area contributed by atoms with E-state index in [9.17, 15) is 9.59 Å². The van der Waals surface area contributed by atoms with Crippen molar-refractivity contribution in [3.05, 3.63) is 48.0 Å². The summed E-state index contributed by atoms with van der Waals surface area (Å²) in [4.78, 5) is 22.5. The Labute approximate surface area is 112 Å². The number of nitrogens with zero attached hydrogens (tertiary/aromatic N) is 1. The minimum Gasteiger partial charge on any atom is -0.344 e. The van der Waals surface area contributed by atoms with Gasteiger partial charge >= 0.3 is 11.8 Å². The summed E-state index contributed by atoms with van der Waals surface area (Å²) in [5, 5.41) is 6.07. The number of rotatable bonds is 5. The summed E-state index contributed by atoms with van der Waals surface area (Å²) < 4.78 is 0. The van der Waals surface area contributed by atoms with Crippen LogP contribution in [0.3, 0.4) is 0 Å². The number of amides is 2. The van der Waals surface area contributed by atoms with Crippen LogP contribution in [-0.2, 0) is 16.0 Å². The Balaban J connectivity index is 2.46. The fraction of sp³-hybridized carbons (Fsp3) is 0.214. The van der Waals surface area contributed by atoms with Crippen molar-refractivity contribution in [2.45, 2.75) is 13.3 Å². The van der Waals surface area contributed by atoms with Crippen molar-refractivity contribution in [2.75, 3.05) is 6.54 Å². The molecule has 100 valence electrons. The average Bonchev–Trinajstić information content (AvgIpc) is 2.45. The lowest BCUT2D eigenvalue weighted by Crippen LogP contribution is -2.37. The van der Waals surface area contributed by atoms with Gasteiger partial charge in [-0.05, 0) is 17.5 Å². The number of carbonyl (C=O) groups excluding carboxylic acids is 2. The normalized spacial score (nSPS) is 10.2. The largest absolute Gasteiger partial charge is 0.344 e. The smallest absolute Gasteiger partial charge is 0.329 e. The van der Waals surface area contributed by atoms with Crippen LogP contribution in [0.4, 0.5) is 0 Å². The maximum Gasteiger partial charge on any atom is 0.329 e. The Bertz CT molecular complexity index is 478. The molecule has 0 saturated heterocycles. The highest BCUT2D eigenvalue weighted by Gasteiger charge is 2.10. The molecular formula is C14H17N3O2. The van der Waals surface area contributed by atoms with Gasteiger partial charge in [0.25, 0.3) is 0 Å². The van der Waals surface area contributed by atoms with Crippen molar-refractivity contribution in [1.82, 2.24) is 10.7 Å². The summed E-state index contributed by atoms with van der Waals surface area (Å²) in [6, 6.07) is 7.76. The Kier molecular flexibility index (Phi) is 6.02. The van der Waals surface area contributed by atoms with Crippen molar-refractivity contribution in [2.24, 2.45) is 5.10 Å². The van der Waals surface area contributed by atoms with Gasteiger partial charge in [0.1, 0.15) is 0 Å². The lowest BCUT2D eigenvalue weighted by molar-refractivity contribution is -0.139. The maximum absolute atomic E-state index is 11.3. The van der Waals surface area contributed by atoms with Gasteiger partial charge in [-0.25, -0.2) is 5.43 Å². The molecule has 2 amide bonds. The SMILES string of the molecule is C=CCNC(=O)C(=O)N/N=C/c1ccc(CC)cc1. The van der Waals surface area contributed by atoms with Crippen LogP contribution in [0.15, 0.2) is 42.0 Å². The molecule has 0 aliphatic carbocycles. The second-order valence-corrected chi connectivity index (χ2v) is 3.79. The second kappa shape index (κ2) is 7.81. The van der Waals surface area contributed by atoms with Crippen LogP contribution >= 0.6 is 0 Å². The zero-order chi connectivity index (χ0) is 14.1. The lowest BCUT2D eigenvalue weighted by atomic mass is 10.1. The minimum absolute atomic E-state index is 0.244. The Morgan fingerprint density at radius 1 is 1.26 bits per heavy atom. The first-order valence-electron chi connectivity index (χ1n) is 5.98. The van der Waals surface area contributed by atoms with Gasteiger partial charge in [-0.2, -0.15) is 5.10 Å². The quantitative estimate of drug-likeness (QED) is 0.358. The molecule has 0 aromatic heterocycles. The summed E-state index contributed by atoms with van der Waals surface area (Å²) in [7, 11) is 0. The first kappa shape index (κ1) is 14.6. The van der Waals surface area contributed by atoms with Crippen LogP contribution in [0.5, 0.6) is 0 Å². The van der Waals surface area contributed by atoms with Gasteiger partial charge in [0.2, 0.25) is 0 Å². The Morgan fingerprint density at radius 2 is 1.95 bits per heavy atom. The van der Waals surface area contributed by atoms with Gasteiger partial charge in [-0.1, -0.05) is 37.3 Å². The Morgan fingerprint density at radius 3 is 2.53 bits per heavy atom. The molecule has 0 atom stereocenters. The average molecular weight is 259 g/mol. The number of benzene rings is 1. The molecule has 0 heterocycles. The third-order valence-corrected chi connectivity index (χ3v) is 2.38. The van der Waals surface area contributed by atoms with E-state index in [0.717, 1.165) is 12.0 Å². The topological polar surface area (TPSA) is 70.6 Å². The van der Waals surface area contributed by atoms with Crippen LogP contribution in [0.2, 0.25) is 0 Å². The van der Waals surface area contributed by atoms with E-state index in [1.807, 2.05) is 24.3 Å². The van der Waals surface area contributed by atoms with Gasteiger partial charge in [0.05, 0.1) is 6.21 Å². The van der Waals surface area contributed by atoms with Gasteiger partial charge in [-0.15, -0.1) is 6.58 Å². The molecule has 0 saturated carbocycles. The predicted molar refractivity (Wildman–Crippen MR) is 74.8 cm³/mol. The van der Waals surface area contributed by atoms with E-state index in [-0.39, 0.29) is 6.54 Å². The highest BCUT2D eigenvalue weighted by molar-refractivity contribution is 6.35. The molecule has 1 rings (SSSR count). The Hall–Kier alpha value is -2.43. The summed E-state index contributed by atoms with van der Waals surface area (Å²) >= 11 is 0. The standard InChI is InChI=1S/C14H17N3O2/c1-3-9-15-13(18)14(19)17-16-10-12-7-5-11(4-2)6-8-12/h3,5-8,10H,1,4,9H2,2H3,(H,15,18)(H,17,19)/b16-10+. The number of hydrogen-bond donors (Lipinski definition) is 2. The molecular weight excluding hydrogens is 242 g/mol. The lowest BCUT2D eigenvalue weighted by Gasteiger charge is -2.00. The van der Waals surface area contributed by atoms with Crippen LogP contribution < -0.4 is 10.7 Å². The third kappa shape index (κ3) is 5.16. The second-order valence-electron chi connectivity index (χ2n) is 3.79. The summed E-state index contributed by atoms with van der Waals surface area (Å²) in [6.45, 7) is 5.75. The van der Waals surface area contributed by atoms with Crippen molar-refractivity contribution < 1.29 is 9.59 Å². The maximum atomic E-state index is 11.3. The van der Waals surface area contributed by atoms with Crippen LogP contribution in [0, 0.1) is 0 Å². The molecule has 0 bridgehead atoms. The fourth-order valence-corrected chi connectivity index (χ4v) is 1.30. The van der Waals surface area contributed by atoms with Crippen molar-refractivity contribution >= 4 is 18.0 Å². The number of nitrogens with one attached hydrogen (secondary N) is 2. The van der Waals surface area contributed by atoms with Gasteiger partial charge < -0.3 is 5.32 Å². The van der Waals surface area contributed by atoms with Crippen LogP contribution in [-0.4, -0.2) is 24.6 Å². The molecule has 0 spiro atoms. The minimum atomic E-state index is -0.803. The zero-order valence-electron chi connectivity index (χ0n) is 10.8. The van der Waals surface area contributed by atoms with E-state index in [0.29, 0.717) is 0 Å². The van der Waals surface area contributed by atoms with Crippen LogP contribution in [0.25, 0.3) is 0 Å². The summed E-state index contributed by atoms with van der Waals surface area (Å²) in [5.74, 6) is -1.54. The molecule has 0 radical (unpaired) electrons. The highest BCUT2D eigenvalue weighted by Crippen LogP contribution is 2.02. The summed E-state index contributed by atoms with van der Waals surface area (Å²) in [6.07, 6.45) is 3.94. The first-order valence-corrected chi connectivity index (χ1v) is 5.98. The van der Waals surface area contributed by atoms with E-state index in [1.54, 1.807) is 0 Å². The molecule has 2 N–H and O–H groups in total. The molecule has 0 unspecified atom stereocenters. The molecule has 0 aliphatic rings. The molecule has 19 heavy (non-hydrogen) atoms. The van der Waals surface area contributed by atoms with E-state index >= 15 is 0 Å². The number of aryl methyl sites for hydroxylation is 1. The third-order valence-electron chi connectivity index (χ3n) is 2.38. The van der Waals surface area contributed by atoms with E-state index in [2.05, 4.69) is 29.3 Å². The zero-order valence-corrected chi connectivity index (χ0v) is 10.8. The van der Waals surface area contributed by atoms with Gasteiger partial charge in [-0.3, -0.25) is 9.59 Å². The fourth-order valence-electron chi connectivity index (χ4n) is 1.30. The van der Waals surface area contributed by atoms with Gasteiger partial charge in [0, 0.05) is 6.54 Å². The number of hydrazone groups is 1. The van der Waals surface area contributed by atoms with Gasteiger partial charge in [0.15, 0.2) is 0 Å². The van der Waals surface area contributed by atoms with Crippen molar-refractivity contribution in [3.63, 3.8) is 0 Å². The molecule has 0 aliphatic heterocycles. The van der Waals surface area contributed by atoms with Crippen molar-refractivity contribution in [3.8, 4) is 0 Å². The molecule has 1 aromatic carbocycles. The number of hydrogen-bond acceptors (Lipinski definition) is 3. The van der Waals surface area contributed by atoms with E-state index in [1.165, 1.54) is 17.9 Å². The predicted octanol–water partition coefficient (Wildman–Crippen LogP) is 1.00. The first-order chi connectivity index (χ1) is 9.17. The monoisotopic (exact) mass is 259 g/mol.